The highest BCUT2D eigenvalue weighted by Gasteiger charge is 2.42. The lowest BCUT2D eigenvalue weighted by molar-refractivity contribution is 0.127. The van der Waals surface area contributed by atoms with Gasteiger partial charge >= 0.3 is 0 Å². The van der Waals surface area contributed by atoms with Gasteiger partial charge in [-0.25, -0.2) is 0 Å². The monoisotopic (exact) mass is 277 g/mol. The molecule has 0 amide bonds. The normalized spacial score (nSPS) is 32.6. The summed E-state index contributed by atoms with van der Waals surface area (Å²) in [6.45, 7) is 9.07. The lowest BCUT2D eigenvalue weighted by atomic mass is 9.91. The highest BCUT2D eigenvalue weighted by atomic mass is 15.2. The summed E-state index contributed by atoms with van der Waals surface area (Å²) in [6, 6.07) is 3.59. The van der Waals surface area contributed by atoms with Crippen molar-refractivity contribution in [1.29, 1.82) is 5.26 Å². The molecule has 1 aliphatic carbocycles. The quantitative estimate of drug-likeness (QED) is 0.838. The van der Waals surface area contributed by atoms with Crippen LogP contribution in [0.25, 0.3) is 0 Å². The van der Waals surface area contributed by atoms with Gasteiger partial charge in [-0.15, -0.1) is 0 Å². The first-order valence-electron chi connectivity index (χ1n) is 8.51. The van der Waals surface area contributed by atoms with E-state index >= 15 is 0 Å². The van der Waals surface area contributed by atoms with Gasteiger partial charge in [0.25, 0.3) is 0 Å². The van der Waals surface area contributed by atoms with E-state index in [1.807, 2.05) is 0 Å². The fourth-order valence-corrected chi connectivity index (χ4v) is 4.16. The summed E-state index contributed by atoms with van der Waals surface area (Å²) in [6.07, 6.45) is 8.66. The van der Waals surface area contributed by atoms with Gasteiger partial charge in [-0.05, 0) is 65.0 Å². The van der Waals surface area contributed by atoms with Crippen molar-refractivity contribution < 1.29 is 0 Å². The van der Waals surface area contributed by atoms with Crippen LogP contribution in [-0.2, 0) is 0 Å². The van der Waals surface area contributed by atoms with Gasteiger partial charge in [0.1, 0.15) is 5.54 Å². The van der Waals surface area contributed by atoms with Crippen molar-refractivity contribution in [3.63, 3.8) is 0 Å². The van der Waals surface area contributed by atoms with Crippen LogP contribution in [-0.4, -0.2) is 35.6 Å². The molecule has 0 aromatic rings. The lowest BCUT2D eigenvalue weighted by Gasteiger charge is -2.36. The molecule has 1 saturated carbocycles. The molecular formula is C17H31N3. The summed E-state index contributed by atoms with van der Waals surface area (Å²) in [7, 11) is 0. The molecule has 2 fully saturated rings. The van der Waals surface area contributed by atoms with Gasteiger partial charge in [0.15, 0.2) is 0 Å². The SMILES string of the molecule is CCCC1CCN(C2CCC(C#N)(NC(C)C)C2)CC1. The van der Waals surface area contributed by atoms with Crippen LogP contribution in [0.4, 0.5) is 0 Å². The van der Waals surface area contributed by atoms with Gasteiger partial charge in [-0.3, -0.25) is 5.32 Å². The molecule has 20 heavy (non-hydrogen) atoms. The summed E-state index contributed by atoms with van der Waals surface area (Å²) in [4.78, 5) is 2.66. The van der Waals surface area contributed by atoms with Crippen LogP contribution in [0.15, 0.2) is 0 Å². The summed E-state index contributed by atoms with van der Waals surface area (Å²) in [5.74, 6) is 0.951. The fourth-order valence-electron chi connectivity index (χ4n) is 4.16. The molecule has 1 N–H and O–H groups in total. The zero-order chi connectivity index (χ0) is 14.6. The van der Waals surface area contributed by atoms with Crippen molar-refractivity contribution in [3.8, 4) is 6.07 Å². The third kappa shape index (κ3) is 3.74. The summed E-state index contributed by atoms with van der Waals surface area (Å²) in [5.41, 5.74) is -0.265. The van der Waals surface area contributed by atoms with Gasteiger partial charge in [-0.2, -0.15) is 5.26 Å². The molecule has 3 heteroatoms. The highest BCUT2D eigenvalue weighted by molar-refractivity contribution is 5.14. The van der Waals surface area contributed by atoms with Gasteiger partial charge < -0.3 is 4.90 Å². The lowest BCUT2D eigenvalue weighted by Crippen LogP contribution is -2.48. The standard InChI is InChI=1S/C17H31N3/c1-4-5-15-7-10-20(11-8-15)16-6-9-17(12-16,13-18)19-14(2)3/h14-16,19H,4-12H2,1-3H3. The molecule has 0 aromatic carbocycles. The van der Waals surface area contributed by atoms with E-state index in [0.29, 0.717) is 12.1 Å². The minimum absolute atomic E-state index is 0.265. The first-order chi connectivity index (χ1) is 9.58. The smallest absolute Gasteiger partial charge is 0.108 e. The summed E-state index contributed by atoms with van der Waals surface area (Å²) < 4.78 is 0. The van der Waals surface area contributed by atoms with Crippen molar-refractivity contribution in [2.45, 2.75) is 83.3 Å². The maximum Gasteiger partial charge on any atom is 0.108 e. The van der Waals surface area contributed by atoms with Crippen LogP contribution < -0.4 is 5.32 Å². The Morgan fingerprint density at radius 3 is 2.55 bits per heavy atom. The fraction of sp³-hybridized carbons (Fsp3) is 0.941. The first-order valence-corrected chi connectivity index (χ1v) is 8.51. The summed E-state index contributed by atoms with van der Waals surface area (Å²) >= 11 is 0. The minimum atomic E-state index is -0.265. The second-order valence-electron chi connectivity index (χ2n) is 7.16. The molecule has 2 atom stereocenters. The number of likely N-dealkylation sites (tertiary alicyclic amines) is 1. The molecule has 3 nitrogen and oxygen atoms in total. The minimum Gasteiger partial charge on any atom is -0.300 e. The van der Waals surface area contributed by atoms with Crippen molar-refractivity contribution in [3.05, 3.63) is 0 Å². The molecule has 114 valence electrons. The molecule has 0 spiro atoms. The topological polar surface area (TPSA) is 39.1 Å². The largest absolute Gasteiger partial charge is 0.300 e. The average Bonchev–Trinajstić information content (AvgIpc) is 2.84. The van der Waals surface area contributed by atoms with E-state index in [4.69, 9.17) is 0 Å². The Morgan fingerprint density at radius 2 is 2.00 bits per heavy atom. The molecule has 1 aliphatic heterocycles. The van der Waals surface area contributed by atoms with E-state index in [1.54, 1.807) is 0 Å². The number of piperidine rings is 1. The van der Waals surface area contributed by atoms with E-state index < -0.39 is 0 Å². The number of rotatable bonds is 5. The Hall–Kier alpha value is -0.590. The summed E-state index contributed by atoms with van der Waals surface area (Å²) in [5, 5.41) is 13.1. The molecule has 1 heterocycles. The molecule has 0 radical (unpaired) electrons. The zero-order valence-electron chi connectivity index (χ0n) is 13.5. The Bertz CT molecular complexity index is 339. The van der Waals surface area contributed by atoms with Gasteiger partial charge in [0.2, 0.25) is 0 Å². The number of hydrogen-bond donors (Lipinski definition) is 1. The molecule has 2 unspecified atom stereocenters. The number of hydrogen-bond acceptors (Lipinski definition) is 3. The van der Waals surface area contributed by atoms with Crippen molar-refractivity contribution in [1.82, 2.24) is 10.2 Å². The molecule has 2 aliphatic rings. The van der Waals surface area contributed by atoms with Crippen LogP contribution >= 0.6 is 0 Å². The second-order valence-corrected chi connectivity index (χ2v) is 7.16. The van der Waals surface area contributed by atoms with E-state index in [9.17, 15) is 5.26 Å². The Morgan fingerprint density at radius 1 is 1.30 bits per heavy atom. The first kappa shape index (κ1) is 15.8. The van der Waals surface area contributed by atoms with Gasteiger partial charge in [-0.1, -0.05) is 19.8 Å². The average molecular weight is 277 g/mol. The molecule has 0 aromatic heterocycles. The third-order valence-electron chi connectivity index (χ3n) is 5.13. The van der Waals surface area contributed by atoms with Crippen LogP contribution in [0.5, 0.6) is 0 Å². The van der Waals surface area contributed by atoms with E-state index in [-0.39, 0.29) is 5.54 Å². The molecule has 0 bridgehead atoms. The molecule has 2 rings (SSSR count). The highest BCUT2D eigenvalue weighted by Crippen LogP contribution is 2.35. The number of nitrogens with one attached hydrogen (secondary N) is 1. The molecule has 1 saturated heterocycles. The molecular weight excluding hydrogens is 246 g/mol. The van der Waals surface area contributed by atoms with Crippen molar-refractivity contribution >= 4 is 0 Å². The Balaban J connectivity index is 1.86. The van der Waals surface area contributed by atoms with E-state index in [0.717, 1.165) is 18.8 Å². The second kappa shape index (κ2) is 6.91. The predicted molar refractivity (Wildman–Crippen MR) is 83.5 cm³/mol. The maximum absolute atomic E-state index is 9.56. The van der Waals surface area contributed by atoms with E-state index in [1.165, 1.54) is 45.2 Å². The van der Waals surface area contributed by atoms with Crippen LogP contribution in [0.2, 0.25) is 0 Å². The number of nitrogens with zero attached hydrogens (tertiary/aromatic N) is 2. The maximum atomic E-state index is 9.56. The van der Waals surface area contributed by atoms with Crippen molar-refractivity contribution in [2.75, 3.05) is 13.1 Å². The van der Waals surface area contributed by atoms with Crippen LogP contribution in [0.1, 0.15) is 65.7 Å². The zero-order valence-corrected chi connectivity index (χ0v) is 13.5. The van der Waals surface area contributed by atoms with Crippen molar-refractivity contribution in [2.24, 2.45) is 5.92 Å². The Kier molecular flexibility index (Phi) is 5.46. The number of nitriles is 1. The predicted octanol–water partition coefficient (Wildman–Crippen LogP) is 3.31. The Labute approximate surface area is 124 Å². The van der Waals surface area contributed by atoms with Gasteiger partial charge in [0.05, 0.1) is 6.07 Å². The third-order valence-corrected chi connectivity index (χ3v) is 5.13. The van der Waals surface area contributed by atoms with Gasteiger partial charge in [0, 0.05) is 12.1 Å². The van der Waals surface area contributed by atoms with Crippen LogP contribution in [0, 0.1) is 17.2 Å². The van der Waals surface area contributed by atoms with Crippen LogP contribution in [0.3, 0.4) is 0 Å². The van der Waals surface area contributed by atoms with E-state index in [2.05, 4.69) is 37.1 Å².